The van der Waals surface area contributed by atoms with Crippen LogP contribution < -0.4 is 5.32 Å². The lowest BCUT2D eigenvalue weighted by Gasteiger charge is -2.05. The molecule has 0 saturated carbocycles. The molecule has 1 heterocycles. The van der Waals surface area contributed by atoms with E-state index in [0.717, 1.165) is 26.3 Å². The van der Waals surface area contributed by atoms with E-state index < -0.39 is 0 Å². The topological polar surface area (TPSA) is 21.3 Å². The maximum absolute atomic E-state index is 5.46. The smallest absolute Gasteiger partial charge is 0.0591 e. The second kappa shape index (κ2) is 7.85. The zero-order valence-electron chi connectivity index (χ0n) is 9.71. The van der Waals surface area contributed by atoms with Crippen molar-refractivity contribution in [3.63, 3.8) is 0 Å². The third-order valence-corrected chi connectivity index (χ3v) is 3.25. The minimum Gasteiger partial charge on any atom is -0.380 e. The summed E-state index contributed by atoms with van der Waals surface area (Å²) < 4.78 is 5.46. The molecule has 0 unspecified atom stereocenters. The SMILES string of the molecule is CCCCOCCNCc1cscc1C. The van der Waals surface area contributed by atoms with Gasteiger partial charge in [-0.3, -0.25) is 0 Å². The van der Waals surface area contributed by atoms with Crippen molar-refractivity contribution in [2.45, 2.75) is 33.2 Å². The van der Waals surface area contributed by atoms with Crippen molar-refractivity contribution in [1.82, 2.24) is 5.32 Å². The molecule has 2 nitrogen and oxygen atoms in total. The summed E-state index contributed by atoms with van der Waals surface area (Å²) in [6.07, 6.45) is 2.38. The molecule has 0 spiro atoms. The molecule has 0 aliphatic rings. The zero-order valence-corrected chi connectivity index (χ0v) is 10.5. The standard InChI is InChI=1S/C12H21NOS/c1-3-4-6-14-7-5-13-8-12-10-15-9-11(12)2/h9-10,13H,3-8H2,1-2H3. The number of hydrogen-bond acceptors (Lipinski definition) is 3. The van der Waals surface area contributed by atoms with Gasteiger partial charge in [-0.05, 0) is 35.2 Å². The average Bonchev–Trinajstić information content (AvgIpc) is 2.63. The first-order chi connectivity index (χ1) is 7.34. The molecule has 0 bridgehead atoms. The number of unbranched alkanes of at least 4 members (excludes halogenated alkanes) is 1. The van der Waals surface area contributed by atoms with Gasteiger partial charge in [0.2, 0.25) is 0 Å². The first-order valence-electron chi connectivity index (χ1n) is 5.64. The Hall–Kier alpha value is -0.380. The van der Waals surface area contributed by atoms with Crippen molar-refractivity contribution in [3.05, 3.63) is 21.9 Å². The molecular weight excluding hydrogens is 206 g/mol. The van der Waals surface area contributed by atoms with Crippen molar-refractivity contribution in [3.8, 4) is 0 Å². The van der Waals surface area contributed by atoms with E-state index >= 15 is 0 Å². The van der Waals surface area contributed by atoms with Crippen LogP contribution in [-0.2, 0) is 11.3 Å². The molecule has 1 aromatic rings. The third kappa shape index (κ3) is 5.30. The van der Waals surface area contributed by atoms with Gasteiger partial charge in [0, 0.05) is 19.7 Å². The van der Waals surface area contributed by atoms with E-state index in [1.54, 1.807) is 11.3 Å². The lowest BCUT2D eigenvalue weighted by atomic mass is 10.2. The van der Waals surface area contributed by atoms with Crippen LogP contribution in [0.1, 0.15) is 30.9 Å². The quantitative estimate of drug-likeness (QED) is 0.689. The summed E-state index contributed by atoms with van der Waals surface area (Å²) in [6.45, 7) is 7.97. The van der Waals surface area contributed by atoms with Crippen LogP contribution in [0.2, 0.25) is 0 Å². The number of nitrogens with one attached hydrogen (secondary N) is 1. The highest BCUT2D eigenvalue weighted by molar-refractivity contribution is 7.08. The molecule has 0 aromatic carbocycles. The monoisotopic (exact) mass is 227 g/mol. The van der Waals surface area contributed by atoms with E-state index in [-0.39, 0.29) is 0 Å². The van der Waals surface area contributed by atoms with Crippen LogP contribution in [0.25, 0.3) is 0 Å². The van der Waals surface area contributed by atoms with Crippen LogP contribution in [-0.4, -0.2) is 19.8 Å². The maximum Gasteiger partial charge on any atom is 0.0591 e. The first kappa shape index (κ1) is 12.7. The number of hydrogen-bond donors (Lipinski definition) is 1. The van der Waals surface area contributed by atoms with E-state index in [2.05, 4.69) is 29.9 Å². The summed E-state index contributed by atoms with van der Waals surface area (Å²) in [5.41, 5.74) is 2.80. The Bertz CT molecular complexity index is 260. The highest BCUT2D eigenvalue weighted by atomic mass is 32.1. The van der Waals surface area contributed by atoms with Crippen molar-refractivity contribution < 1.29 is 4.74 Å². The van der Waals surface area contributed by atoms with E-state index in [4.69, 9.17) is 4.74 Å². The summed E-state index contributed by atoms with van der Waals surface area (Å²) in [6, 6.07) is 0. The minimum atomic E-state index is 0.823. The molecule has 1 aromatic heterocycles. The molecule has 0 radical (unpaired) electrons. The Morgan fingerprint density at radius 1 is 1.33 bits per heavy atom. The normalized spacial score (nSPS) is 10.8. The van der Waals surface area contributed by atoms with Crippen molar-refractivity contribution in [1.29, 1.82) is 0 Å². The van der Waals surface area contributed by atoms with E-state index in [0.29, 0.717) is 0 Å². The number of rotatable bonds is 8. The van der Waals surface area contributed by atoms with Gasteiger partial charge in [-0.15, -0.1) is 0 Å². The van der Waals surface area contributed by atoms with Gasteiger partial charge in [-0.2, -0.15) is 11.3 Å². The van der Waals surface area contributed by atoms with Crippen molar-refractivity contribution in [2.75, 3.05) is 19.8 Å². The van der Waals surface area contributed by atoms with Crippen LogP contribution in [0, 0.1) is 6.92 Å². The molecule has 0 fully saturated rings. The van der Waals surface area contributed by atoms with Crippen molar-refractivity contribution >= 4 is 11.3 Å². The predicted molar refractivity (Wildman–Crippen MR) is 66.5 cm³/mol. The molecule has 0 aliphatic heterocycles. The molecular formula is C12H21NOS. The Labute approximate surface area is 96.7 Å². The lowest BCUT2D eigenvalue weighted by Crippen LogP contribution is -2.19. The maximum atomic E-state index is 5.46. The summed E-state index contributed by atoms with van der Waals surface area (Å²) in [5.74, 6) is 0. The van der Waals surface area contributed by atoms with Gasteiger partial charge in [-0.25, -0.2) is 0 Å². The van der Waals surface area contributed by atoms with Crippen molar-refractivity contribution in [2.24, 2.45) is 0 Å². The number of ether oxygens (including phenoxy) is 1. The number of aryl methyl sites for hydroxylation is 1. The molecule has 0 aliphatic carbocycles. The van der Waals surface area contributed by atoms with Crippen LogP contribution >= 0.6 is 11.3 Å². The zero-order chi connectivity index (χ0) is 10.9. The average molecular weight is 227 g/mol. The Balaban J connectivity index is 1.96. The van der Waals surface area contributed by atoms with Crippen LogP contribution in [0.4, 0.5) is 0 Å². The molecule has 1 N–H and O–H groups in total. The fourth-order valence-corrected chi connectivity index (χ4v) is 2.14. The second-order valence-electron chi connectivity index (χ2n) is 3.72. The molecule has 86 valence electrons. The second-order valence-corrected chi connectivity index (χ2v) is 4.47. The summed E-state index contributed by atoms with van der Waals surface area (Å²) >= 11 is 1.77. The van der Waals surface area contributed by atoms with E-state index in [1.165, 1.54) is 24.0 Å². The molecule has 0 saturated heterocycles. The Morgan fingerprint density at radius 2 is 2.20 bits per heavy atom. The van der Waals surface area contributed by atoms with Crippen LogP contribution in [0.5, 0.6) is 0 Å². The fourth-order valence-electron chi connectivity index (χ4n) is 1.28. The fraction of sp³-hybridized carbons (Fsp3) is 0.667. The predicted octanol–water partition coefficient (Wildman–Crippen LogP) is 2.96. The molecule has 0 atom stereocenters. The summed E-state index contributed by atoms with van der Waals surface area (Å²) in [5, 5.41) is 7.79. The lowest BCUT2D eigenvalue weighted by molar-refractivity contribution is 0.133. The van der Waals surface area contributed by atoms with Gasteiger partial charge in [0.25, 0.3) is 0 Å². The first-order valence-corrected chi connectivity index (χ1v) is 6.59. The van der Waals surface area contributed by atoms with Gasteiger partial charge in [0.15, 0.2) is 0 Å². The Kier molecular flexibility index (Phi) is 6.64. The van der Waals surface area contributed by atoms with E-state index in [1.807, 2.05) is 0 Å². The molecule has 1 rings (SSSR count). The Morgan fingerprint density at radius 3 is 2.87 bits per heavy atom. The molecule has 0 amide bonds. The van der Waals surface area contributed by atoms with Gasteiger partial charge in [0.1, 0.15) is 0 Å². The summed E-state index contributed by atoms with van der Waals surface area (Å²) in [7, 11) is 0. The number of thiophene rings is 1. The van der Waals surface area contributed by atoms with Crippen LogP contribution in [0.15, 0.2) is 10.8 Å². The highest BCUT2D eigenvalue weighted by Gasteiger charge is 1.97. The van der Waals surface area contributed by atoms with Crippen LogP contribution in [0.3, 0.4) is 0 Å². The van der Waals surface area contributed by atoms with Gasteiger partial charge in [0.05, 0.1) is 6.61 Å². The summed E-state index contributed by atoms with van der Waals surface area (Å²) in [4.78, 5) is 0. The van der Waals surface area contributed by atoms with Gasteiger partial charge < -0.3 is 10.1 Å². The minimum absolute atomic E-state index is 0.823. The van der Waals surface area contributed by atoms with Gasteiger partial charge in [-0.1, -0.05) is 13.3 Å². The highest BCUT2D eigenvalue weighted by Crippen LogP contribution is 2.12. The largest absolute Gasteiger partial charge is 0.380 e. The third-order valence-electron chi connectivity index (χ3n) is 2.34. The molecule has 3 heteroatoms. The van der Waals surface area contributed by atoms with E-state index in [9.17, 15) is 0 Å². The molecule has 15 heavy (non-hydrogen) atoms. The van der Waals surface area contributed by atoms with Gasteiger partial charge >= 0.3 is 0 Å².